The zero-order chi connectivity index (χ0) is 13.7. The van der Waals surface area contributed by atoms with Crippen molar-refractivity contribution in [2.75, 3.05) is 6.54 Å². The number of aliphatic hydroxyl groups is 1. The van der Waals surface area contributed by atoms with Gasteiger partial charge in [0.05, 0.1) is 12.5 Å². The van der Waals surface area contributed by atoms with E-state index in [9.17, 15) is 15.0 Å². The van der Waals surface area contributed by atoms with Crippen molar-refractivity contribution in [2.24, 2.45) is 5.92 Å². The Labute approximate surface area is 113 Å². The van der Waals surface area contributed by atoms with Crippen molar-refractivity contribution in [3.63, 3.8) is 0 Å². The van der Waals surface area contributed by atoms with Gasteiger partial charge in [0.2, 0.25) is 5.91 Å². The molecule has 3 N–H and O–H groups in total. The highest BCUT2D eigenvalue weighted by molar-refractivity contribution is 5.78. The number of benzene rings is 1. The molecule has 0 radical (unpaired) electrons. The fourth-order valence-electron chi connectivity index (χ4n) is 2.52. The van der Waals surface area contributed by atoms with Crippen LogP contribution < -0.4 is 5.32 Å². The number of hydrogen-bond acceptors (Lipinski definition) is 3. The largest absolute Gasteiger partial charge is 0.508 e. The molecule has 0 heterocycles. The average Bonchev–Trinajstić information content (AvgIpc) is 2.38. The maximum atomic E-state index is 11.8. The molecule has 0 bridgehead atoms. The van der Waals surface area contributed by atoms with E-state index in [1.807, 2.05) is 6.07 Å². The third-order valence-corrected chi connectivity index (χ3v) is 3.68. The van der Waals surface area contributed by atoms with Crippen molar-refractivity contribution in [3.8, 4) is 5.75 Å². The maximum Gasteiger partial charge on any atom is 0.224 e. The molecule has 0 aliphatic heterocycles. The minimum Gasteiger partial charge on any atom is -0.508 e. The Bertz CT molecular complexity index is 425. The Balaban J connectivity index is 1.73. The molecule has 19 heavy (non-hydrogen) atoms. The van der Waals surface area contributed by atoms with Gasteiger partial charge in [-0.05, 0) is 49.3 Å². The van der Waals surface area contributed by atoms with Gasteiger partial charge in [0, 0.05) is 6.54 Å². The minimum absolute atomic E-state index is 0.0169. The van der Waals surface area contributed by atoms with Crippen LogP contribution in [0.15, 0.2) is 24.3 Å². The molecule has 1 aromatic carbocycles. The van der Waals surface area contributed by atoms with Crippen molar-refractivity contribution in [3.05, 3.63) is 29.8 Å². The Morgan fingerprint density at radius 3 is 2.68 bits per heavy atom. The zero-order valence-electron chi connectivity index (χ0n) is 11.0. The Morgan fingerprint density at radius 2 is 2.00 bits per heavy atom. The van der Waals surface area contributed by atoms with E-state index in [1.165, 1.54) is 0 Å². The molecular formula is C15H21NO3. The predicted molar refractivity (Wildman–Crippen MR) is 72.8 cm³/mol. The van der Waals surface area contributed by atoms with Gasteiger partial charge in [0.1, 0.15) is 5.75 Å². The molecule has 1 aromatic rings. The maximum absolute atomic E-state index is 11.8. The minimum atomic E-state index is -0.153. The summed E-state index contributed by atoms with van der Waals surface area (Å²) in [7, 11) is 0. The van der Waals surface area contributed by atoms with Gasteiger partial charge in [-0.15, -0.1) is 0 Å². The molecular weight excluding hydrogens is 242 g/mol. The fraction of sp³-hybridized carbons (Fsp3) is 0.533. The van der Waals surface area contributed by atoms with Crippen molar-refractivity contribution < 1.29 is 15.0 Å². The number of aromatic hydroxyl groups is 1. The molecule has 4 heteroatoms. The number of hydrogen-bond donors (Lipinski definition) is 3. The predicted octanol–water partition coefficient (Wildman–Crippen LogP) is 1.60. The van der Waals surface area contributed by atoms with Crippen LogP contribution in [0.3, 0.4) is 0 Å². The lowest BCUT2D eigenvalue weighted by Gasteiger charge is -2.25. The van der Waals surface area contributed by atoms with Gasteiger partial charge >= 0.3 is 0 Å². The average molecular weight is 263 g/mol. The molecule has 1 aliphatic carbocycles. The zero-order valence-corrected chi connectivity index (χ0v) is 11.0. The van der Waals surface area contributed by atoms with Crippen molar-refractivity contribution in [2.45, 2.75) is 38.2 Å². The van der Waals surface area contributed by atoms with Crippen molar-refractivity contribution in [1.82, 2.24) is 5.32 Å². The summed E-state index contributed by atoms with van der Waals surface area (Å²) < 4.78 is 0. The van der Waals surface area contributed by atoms with E-state index in [0.717, 1.165) is 31.2 Å². The van der Waals surface area contributed by atoms with Crippen LogP contribution in [0.2, 0.25) is 0 Å². The van der Waals surface area contributed by atoms with Crippen LogP contribution in [0.4, 0.5) is 0 Å². The van der Waals surface area contributed by atoms with E-state index >= 15 is 0 Å². The van der Waals surface area contributed by atoms with E-state index in [1.54, 1.807) is 18.2 Å². The van der Waals surface area contributed by atoms with Crippen LogP contribution in [-0.2, 0) is 11.2 Å². The smallest absolute Gasteiger partial charge is 0.224 e. The van der Waals surface area contributed by atoms with Crippen LogP contribution in [-0.4, -0.2) is 28.8 Å². The van der Waals surface area contributed by atoms with Gasteiger partial charge in [0.15, 0.2) is 0 Å². The third-order valence-electron chi connectivity index (χ3n) is 3.68. The number of carbonyl (C=O) groups excluding carboxylic acids is 1. The topological polar surface area (TPSA) is 69.6 Å². The Kier molecular flexibility index (Phi) is 4.80. The summed E-state index contributed by atoms with van der Waals surface area (Å²) in [6.07, 6.45) is 3.78. The number of carbonyl (C=O) groups is 1. The second-order valence-electron chi connectivity index (χ2n) is 5.33. The molecule has 1 fully saturated rings. The van der Waals surface area contributed by atoms with Crippen LogP contribution in [0.1, 0.15) is 31.2 Å². The SMILES string of the molecule is O=C(Cc1cccc(O)c1)NCC1CCC(O)CC1. The Hall–Kier alpha value is -1.55. The van der Waals surface area contributed by atoms with E-state index in [2.05, 4.69) is 5.32 Å². The molecule has 4 nitrogen and oxygen atoms in total. The van der Waals surface area contributed by atoms with E-state index < -0.39 is 0 Å². The summed E-state index contributed by atoms with van der Waals surface area (Å²) in [4.78, 5) is 11.8. The number of rotatable bonds is 4. The van der Waals surface area contributed by atoms with Gasteiger partial charge in [-0.1, -0.05) is 12.1 Å². The highest BCUT2D eigenvalue weighted by Gasteiger charge is 2.19. The van der Waals surface area contributed by atoms with E-state index in [4.69, 9.17) is 0 Å². The molecule has 2 rings (SSSR count). The quantitative estimate of drug-likeness (QED) is 0.773. The van der Waals surface area contributed by atoms with Crippen LogP contribution >= 0.6 is 0 Å². The lowest BCUT2D eigenvalue weighted by Crippen LogP contribution is -2.33. The first-order chi connectivity index (χ1) is 9.13. The highest BCUT2D eigenvalue weighted by atomic mass is 16.3. The summed E-state index contributed by atoms with van der Waals surface area (Å²) in [5.41, 5.74) is 0.816. The fourth-order valence-corrected chi connectivity index (χ4v) is 2.52. The molecule has 104 valence electrons. The van der Waals surface area contributed by atoms with Crippen LogP contribution in [0.25, 0.3) is 0 Å². The van der Waals surface area contributed by atoms with E-state index in [-0.39, 0.29) is 17.8 Å². The lowest BCUT2D eigenvalue weighted by molar-refractivity contribution is -0.120. The molecule has 1 saturated carbocycles. The first-order valence-electron chi connectivity index (χ1n) is 6.86. The van der Waals surface area contributed by atoms with Crippen molar-refractivity contribution >= 4 is 5.91 Å². The van der Waals surface area contributed by atoms with Crippen LogP contribution in [0.5, 0.6) is 5.75 Å². The van der Waals surface area contributed by atoms with Gasteiger partial charge in [0.25, 0.3) is 0 Å². The van der Waals surface area contributed by atoms with E-state index in [0.29, 0.717) is 18.9 Å². The molecule has 0 saturated heterocycles. The molecule has 1 aliphatic rings. The third kappa shape index (κ3) is 4.56. The molecule has 0 atom stereocenters. The second-order valence-corrected chi connectivity index (χ2v) is 5.33. The van der Waals surface area contributed by atoms with Crippen LogP contribution in [0, 0.1) is 5.92 Å². The standard InChI is InChI=1S/C15H21NO3/c17-13-6-4-11(5-7-13)10-16-15(19)9-12-2-1-3-14(18)8-12/h1-3,8,11,13,17-18H,4-7,9-10H2,(H,16,19). The number of phenols is 1. The normalized spacial score (nSPS) is 23.0. The first-order valence-corrected chi connectivity index (χ1v) is 6.86. The number of amides is 1. The molecule has 0 spiro atoms. The first kappa shape index (κ1) is 13.9. The number of nitrogens with one attached hydrogen (secondary N) is 1. The molecule has 0 aromatic heterocycles. The second kappa shape index (κ2) is 6.57. The summed E-state index contributed by atoms with van der Waals surface area (Å²) in [5.74, 6) is 0.653. The number of phenolic OH excluding ortho intramolecular Hbond substituents is 1. The molecule has 1 amide bonds. The van der Waals surface area contributed by atoms with Crippen molar-refractivity contribution in [1.29, 1.82) is 0 Å². The lowest BCUT2D eigenvalue weighted by atomic mass is 9.87. The van der Waals surface area contributed by atoms with Gasteiger partial charge in [-0.25, -0.2) is 0 Å². The summed E-state index contributed by atoms with van der Waals surface area (Å²) in [5, 5.41) is 21.7. The van der Waals surface area contributed by atoms with Gasteiger partial charge in [-0.2, -0.15) is 0 Å². The summed E-state index contributed by atoms with van der Waals surface area (Å²) >= 11 is 0. The summed E-state index contributed by atoms with van der Waals surface area (Å²) in [6.45, 7) is 0.685. The monoisotopic (exact) mass is 263 g/mol. The Morgan fingerprint density at radius 1 is 1.26 bits per heavy atom. The van der Waals surface area contributed by atoms with Gasteiger partial charge in [-0.3, -0.25) is 4.79 Å². The summed E-state index contributed by atoms with van der Waals surface area (Å²) in [6, 6.07) is 6.77. The highest BCUT2D eigenvalue weighted by Crippen LogP contribution is 2.23. The molecule has 0 unspecified atom stereocenters. The van der Waals surface area contributed by atoms with Gasteiger partial charge < -0.3 is 15.5 Å². The number of aliphatic hydroxyl groups excluding tert-OH is 1.